The minimum absolute atomic E-state index is 0.00713. The molecule has 0 atom stereocenters. The van der Waals surface area contributed by atoms with Crippen LogP contribution in [0.5, 0.6) is 0 Å². The molecular weight excluding hydrogens is 382 g/mol. The second-order valence-corrected chi connectivity index (χ2v) is 6.55. The number of para-hydroxylation sites is 3. The van der Waals surface area contributed by atoms with E-state index < -0.39 is 34.6 Å². The zero-order valence-corrected chi connectivity index (χ0v) is 15.9. The van der Waals surface area contributed by atoms with E-state index in [1.54, 1.807) is 6.07 Å². The van der Waals surface area contributed by atoms with Gasteiger partial charge in [-0.3, -0.25) is 0 Å². The first-order valence-electron chi connectivity index (χ1n) is 8.84. The highest BCUT2D eigenvalue weighted by atomic mass is 19.1. The average Bonchev–Trinajstić information content (AvgIpc) is 2.68. The van der Waals surface area contributed by atoms with Gasteiger partial charge in [0.1, 0.15) is 28.8 Å². The van der Waals surface area contributed by atoms with Crippen LogP contribution in [0.4, 0.5) is 34.6 Å². The maximum atomic E-state index is 14.1. The Morgan fingerprint density at radius 2 is 1.34 bits per heavy atom. The first-order valence-corrected chi connectivity index (χ1v) is 8.84. The summed E-state index contributed by atoms with van der Waals surface area (Å²) in [6.07, 6.45) is 0.0654. The molecule has 0 saturated carbocycles. The number of nitrogens with zero attached hydrogens (tertiary/aromatic N) is 2. The van der Waals surface area contributed by atoms with E-state index in [0.717, 1.165) is 35.5 Å². The molecule has 0 bridgehead atoms. The summed E-state index contributed by atoms with van der Waals surface area (Å²) in [6.45, 7) is 0. The smallest absolute Gasteiger partial charge is 0.151 e. The Hall–Kier alpha value is -3.35. The number of nitrogens with one attached hydrogen (secondary N) is 1. The van der Waals surface area contributed by atoms with Crippen LogP contribution in [-0.4, -0.2) is 19.9 Å². The Morgan fingerprint density at radius 3 is 1.93 bits per heavy atom. The number of anilines is 2. The topological polar surface area (TPSA) is 27.6 Å². The number of hydrogen-bond donors (Lipinski definition) is 1. The summed E-state index contributed by atoms with van der Waals surface area (Å²) in [5.41, 5.74) is 0.627. The molecule has 29 heavy (non-hydrogen) atoms. The van der Waals surface area contributed by atoms with Crippen LogP contribution >= 0.6 is 0 Å². The molecule has 1 N–H and O–H groups in total. The molecule has 0 unspecified atom stereocenters. The number of rotatable bonds is 5. The minimum Gasteiger partial charge on any atom is -0.377 e. The van der Waals surface area contributed by atoms with E-state index >= 15 is 0 Å². The van der Waals surface area contributed by atoms with Crippen LogP contribution in [0.1, 0.15) is 5.56 Å². The zero-order valence-electron chi connectivity index (χ0n) is 15.9. The fourth-order valence-corrected chi connectivity index (χ4v) is 2.88. The van der Waals surface area contributed by atoms with Gasteiger partial charge < -0.3 is 10.2 Å². The molecule has 0 aliphatic carbocycles. The Labute approximate surface area is 166 Å². The van der Waals surface area contributed by atoms with Crippen molar-refractivity contribution in [3.8, 4) is 0 Å². The summed E-state index contributed by atoms with van der Waals surface area (Å²) in [6, 6.07) is 14.1. The molecule has 0 aliphatic heterocycles. The third-order valence-corrected chi connectivity index (χ3v) is 4.25. The fourth-order valence-electron chi connectivity index (χ4n) is 2.88. The van der Waals surface area contributed by atoms with E-state index in [9.17, 15) is 17.6 Å². The van der Waals surface area contributed by atoms with Crippen LogP contribution < -0.4 is 10.2 Å². The first kappa shape index (κ1) is 20.4. The van der Waals surface area contributed by atoms with E-state index in [4.69, 9.17) is 0 Å². The zero-order chi connectivity index (χ0) is 21.0. The van der Waals surface area contributed by atoms with E-state index in [0.29, 0.717) is 0 Å². The normalized spacial score (nSPS) is 11.4. The molecule has 7 heteroatoms. The summed E-state index contributed by atoms with van der Waals surface area (Å²) in [7, 11) is 3.69. The van der Waals surface area contributed by atoms with Crippen LogP contribution in [0.15, 0.2) is 65.7 Å². The van der Waals surface area contributed by atoms with Crippen LogP contribution in [0.25, 0.3) is 0 Å². The van der Waals surface area contributed by atoms with Crippen LogP contribution in [0.3, 0.4) is 0 Å². The summed E-state index contributed by atoms with van der Waals surface area (Å²) < 4.78 is 56.5. The van der Waals surface area contributed by atoms with Crippen LogP contribution in [0.2, 0.25) is 0 Å². The minimum atomic E-state index is -0.876. The van der Waals surface area contributed by atoms with Gasteiger partial charge in [0.15, 0.2) is 11.6 Å². The van der Waals surface area contributed by atoms with E-state index in [2.05, 4.69) is 10.3 Å². The van der Waals surface area contributed by atoms with E-state index in [1.807, 2.05) is 37.2 Å². The molecule has 0 saturated heterocycles. The molecule has 150 valence electrons. The number of amidine groups is 1. The average molecular weight is 401 g/mol. The molecule has 3 aromatic rings. The third kappa shape index (κ3) is 4.74. The van der Waals surface area contributed by atoms with Crippen LogP contribution in [-0.2, 0) is 6.42 Å². The maximum absolute atomic E-state index is 14.1. The molecule has 3 aromatic carbocycles. The highest BCUT2D eigenvalue weighted by Crippen LogP contribution is 2.26. The summed E-state index contributed by atoms with van der Waals surface area (Å²) in [5, 5.41) is 2.58. The lowest BCUT2D eigenvalue weighted by Gasteiger charge is -2.19. The molecule has 0 aliphatic rings. The van der Waals surface area contributed by atoms with Crippen molar-refractivity contribution < 1.29 is 17.6 Å². The van der Waals surface area contributed by atoms with Gasteiger partial charge in [-0.25, -0.2) is 22.6 Å². The molecule has 0 radical (unpaired) electrons. The van der Waals surface area contributed by atoms with Crippen molar-refractivity contribution in [2.75, 3.05) is 24.3 Å². The molecular formula is C22H19F4N3. The third-order valence-electron chi connectivity index (χ3n) is 4.25. The largest absolute Gasteiger partial charge is 0.377 e. The van der Waals surface area contributed by atoms with Crippen molar-refractivity contribution in [2.24, 2.45) is 4.99 Å². The lowest BCUT2D eigenvalue weighted by atomic mass is 10.1. The molecule has 0 spiro atoms. The van der Waals surface area contributed by atoms with Gasteiger partial charge in [0, 0.05) is 26.2 Å². The monoisotopic (exact) mass is 401 g/mol. The van der Waals surface area contributed by atoms with Crippen LogP contribution in [0, 0.1) is 23.3 Å². The maximum Gasteiger partial charge on any atom is 0.151 e. The fraction of sp³-hybridized carbons (Fsp3) is 0.136. The summed E-state index contributed by atoms with van der Waals surface area (Å²) in [4.78, 5) is 5.90. The highest BCUT2D eigenvalue weighted by Gasteiger charge is 2.16. The van der Waals surface area contributed by atoms with Crippen molar-refractivity contribution in [1.82, 2.24) is 0 Å². The summed E-state index contributed by atoms with van der Waals surface area (Å²) in [5.74, 6) is -3.44. The van der Waals surface area contributed by atoms with E-state index in [-0.39, 0.29) is 12.3 Å². The van der Waals surface area contributed by atoms with Gasteiger partial charge in [0.25, 0.3) is 0 Å². The van der Waals surface area contributed by atoms with Gasteiger partial charge in [-0.2, -0.15) is 0 Å². The number of aliphatic imine (C=N–C) groups is 1. The Balaban J connectivity index is 2.08. The van der Waals surface area contributed by atoms with Crippen molar-refractivity contribution in [1.29, 1.82) is 0 Å². The van der Waals surface area contributed by atoms with Gasteiger partial charge in [-0.15, -0.1) is 0 Å². The standard InChI is InChI=1S/C22H19F4N3/c1-29(2)19-12-4-3-7-14(19)13-20(27-21-15(23)8-5-9-16(21)24)28-22-17(25)10-6-11-18(22)26/h3-12H,13H2,1-2H3,(H,27,28). The molecule has 3 nitrogen and oxygen atoms in total. The van der Waals surface area contributed by atoms with E-state index in [1.165, 1.54) is 12.1 Å². The second-order valence-electron chi connectivity index (χ2n) is 6.55. The Kier molecular flexibility index (Phi) is 6.16. The molecule has 3 rings (SSSR count). The summed E-state index contributed by atoms with van der Waals surface area (Å²) >= 11 is 0. The molecule has 0 heterocycles. The Bertz CT molecular complexity index is 1010. The van der Waals surface area contributed by atoms with Gasteiger partial charge in [-0.1, -0.05) is 30.3 Å². The molecule has 0 aromatic heterocycles. The van der Waals surface area contributed by atoms with Crippen molar-refractivity contribution in [2.45, 2.75) is 6.42 Å². The van der Waals surface area contributed by atoms with Crippen molar-refractivity contribution in [3.63, 3.8) is 0 Å². The lowest BCUT2D eigenvalue weighted by Crippen LogP contribution is -2.19. The second kappa shape index (κ2) is 8.77. The van der Waals surface area contributed by atoms with Gasteiger partial charge >= 0.3 is 0 Å². The van der Waals surface area contributed by atoms with Gasteiger partial charge in [-0.05, 0) is 35.9 Å². The number of benzene rings is 3. The Morgan fingerprint density at radius 1 is 0.793 bits per heavy atom. The quantitative estimate of drug-likeness (QED) is 0.338. The lowest BCUT2D eigenvalue weighted by molar-refractivity contribution is 0.587. The predicted octanol–water partition coefficient (Wildman–Crippen LogP) is 5.69. The molecule has 0 fully saturated rings. The predicted molar refractivity (Wildman–Crippen MR) is 108 cm³/mol. The first-order chi connectivity index (χ1) is 13.9. The van der Waals surface area contributed by atoms with Crippen molar-refractivity contribution in [3.05, 3.63) is 89.5 Å². The number of hydrogen-bond acceptors (Lipinski definition) is 2. The SMILES string of the molecule is CN(C)c1ccccc1CC(=Nc1c(F)cccc1F)Nc1c(F)cccc1F. The molecule has 0 amide bonds. The van der Waals surface area contributed by atoms with Crippen molar-refractivity contribution >= 4 is 22.9 Å². The van der Waals surface area contributed by atoms with Gasteiger partial charge in [0.05, 0.1) is 0 Å². The highest BCUT2D eigenvalue weighted by molar-refractivity contribution is 5.99. The number of halogens is 4. The van der Waals surface area contributed by atoms with Gasteiger partial charge in [0.2, 0.25) is 0 Å².